The molecule has 0 unspecified atom stereocenters. The van der Waals surface area contributed by atoms with Gasteiger partial charge in [0.2, 0.25) is 0 Å². The van der Waals surface area contributed by atoms with Crippen molar-refractivity contribution in [1.82, 2.24) is 15.1 Å². The molecule has 0 aliphatic heterocycles. The summed E-state index contributed by atoms with van der Waals surface area (Å²) < 4.78 is 40.6. The number of aromatic nitrogens is 2. The van der Waals surface area contributed by atoms with Crippen molar-refractivity contribution in [2.45, 2.75) is 58.3 Å². The molecule has 29 heavy (non-hydrogen) atoms. The van der Waals surface area contributed by atoms with E-state index in [-0.39, 0.29) is 16.6 Å². The Morgan fingerprint density at radius 3 is 2.41 bits per heavy atom. The number of amides is 1. The normalized spacial score (nSPS) is 20.0. The summed E-state index contributed by atoms with van der Waals surface area (Å²) in [6, 6.07) is 2.69. The number of rotatable bonds is 4. The van der Waals surface area contributed by atoms with Crippen molar-refractivity contribution in [2.24, 2.45) is 5.92 Å². The van der Waals surface area contributed by atoms with Gasteiger partial charge < -0.3 is 5.32 Å². The highest BCUT2D eigenvalue weighted by Crippen LogP contribution is 2.32. The Balaban J connectivity index is 1.58. The molecule has 0 spiro atoms. The van der Waals surface area contributed by atoms with Crippen molar-refractivity contribution in [3.8, 4) is 0 Å². The Hall–Kier alpha value is -1.73. The van der Waals surface area contributed by atoms with E-state index in [9.17, 15) is 18.0 Å². The smallest absolute Gasteiger partial charge is 0.349 e. The minimum Gasteiger partial charge on any atom is -0.349 e. The zero-order chi connectivity index (χ0) is 21.3. The highest BCUT2D eigenvalue weighted by Gasteiger charge is 2.32. The maximum Gasteiger partial charge on any atom is 0.416 e. The fourth-order valence-electron chi connectivity index (χ4n) is 3.73. The third-order valence-corrected chi connectivity index (χ3v) is 6.32. The predicted molar refractivity (Wildman–Crippen MR) is 106 cm³/mol. The van der Waals surface area contributed by atoms with E-state index in [1.165, 1.54) is 0 Å². The van der Waals surface area contributed by atoms with Crippen molar-refractivity contribution < 1.29 is 18.0 Å². The first-order valence-corrected chi connectivity index (χ1v) is 10.2. The van der Waals surface area contributed by atoms with Crippen LogP contribution in [0.15, 0.2) is 18.2 Å². The fourth-order valence-corrected chi connectivity index (χ4v) is 4.06. The van der Waals surface area contributed by atoms with Crippen LogP contribution in [0, 0.1) is 19.8 Å². The van der Waals surface area contributed by atoms with Crippen molar-refractivity contribution in [3.05, 3.63) is 50.8 Å². The van der Waals surface area contributed by atoms with Gasteiger partial charge in [-0.25, -0.2) is 0 Å². The molecule has 2 aromatic rings. The van der Waals surface area contributed by atoms with Gasteiger partial charge in [-0.15, -0.1) is 0 Å². The van der Waals surface area contributed by atoms with E-state index in [1.807, 2.05) is 18.5 Å². The number of benzene rings is 1. The average Bonchev–Trinajstić information content (AvgIpc) is 2.89. The number of halogens is 5. The summed E-state index contributed by atoms with van der Waals surface area (Å²) in [6.07, 6.45) is -1.25. The molecule has 0 saturated heterocycles. The van der Waals surface area contributed by atoms with Crippen molar-refractivity contribution in [2.75, 3.05) is 0 Å². The van der Waals surface area contributed by atoms with E-state index >= 15 is 0 Å². The molecule has 1 heterocycles. The molecule has 1 saturated carbocycles. The van der Waals surface area contributed by atoms with Gasteiger partial charge in [-0.2, -0.15) is 18.3 Å². The third kappa shape index (κ3) is 5.07. The summed E-state index contributed by atoms with van der Waals surface area (Å²) in [6.45, 7) is 4.57. The second-order valence-corrected chi connectivity index (χ2v) is 8.34. The maximum atomic E-state index is 12.9. The standard InChI is InChI=1S/C20H22Cl2F3N3O/c1-11-18(22)12(2)28(27-11)10-13-3-6-15(7-4-13)26-19(29)16-9-14(20(23,24)25)5-8-17(16)21/h5,8-9,13,15H,3-4,6-7,10H2,1-2H3,(H,26,29)/t13-,15-. The minimum atomic E-state index is -4.52. The van der Waals surface area contributed by atoms with Crippen LogP contribution in [0.4, 0.5) is 13.2 Å². The molecule has 9 heteroatoms. The van der Waals surface area contributed by atoms with Crippen LogP contribution in [-0.4, -0.2) is 21.7 Å². The lowest BCUT2D eigenvalue weighted by molar-refractivity contribution is -0.137. The highest BCUT2D eigenvalue weighted by atomic mass is 35.5. The van der Waals surface area contributed by atoms with Gasteiger partial charge in [0.1, 0.15) is 0 Å². The van der Waals surface area contributed by atoms with Gasteiger partial charge in [0.05, 0.1) is 32.6 Å². The Labute approximate surface area is 177 Å². The predicted octanol–water partition coefficient (Wildman–Crippen LogP) is 5.81. The number of carbonyl (C=O) groups is 1. The van der Waals surface area contributed by atoms with Gasteiger partial charge in [-0.1, -0.05) is 23.2 Å². The molecule has 1 aliphatic carbocycles. The molecule has 3 rings (SSSR count). The Bertz CT molecular complexity index is 903. The summed E-state index contributed by atoms with van der Waals surface area (Å²) in [5.74, 6) is -0.163. The number of nitrogens with one attached hydrogen (secondary N) is 1. The molecule has 1 aromatic carbocycles. The summed E-state index contributed by atoms with van der Waals surface area (Å²) in [5.41, 5.74) is 0.710. The first kappa shape index (κ1) is 22.0. The van der Waals surface area contributed by atoms with Gasteiger partial charge in [-0.3, -0.25) is 9.48 Å². The van der Waals surface area contributed by atoms with E-state index in [0.29, 0.717) is 10.9 Å². The molecule has 158 valence electrons. The first-order chi connectivity index (χ1) is 13.6. The van der Waals surface area contributed by atoms with Crippen molar-refractivity contribution in [1.29, 1.82) is 0 Å². The van der Waals surface area contributed by atoms with E-state index in [2.05, 4.69) is 10.4 Å². The van der Waals surface area contributed by atoms with Crippen LogP contribution in [0.5, 0.6) is 0 Å². The van der Waals surface area contributed by atoms with E-state index < -0.39 is 17.6 Å². The molecular formula is C20H22Cl2F3N3O. The Morgan fingerprint density at radius 1 is 1.21 bits per heavy atom. The molecule has 1 aromatic heterocycles. The van der Waals surface area contributed by atoms with Gasteiger partial charge >= 0.3 is 6.18 Å². The lowest BCUT2D eigenvalue weighted by Crippen LogP contribution is -2.38. The molecule has 0 bridgehead atoms. The molecule has 1 fully saturated rings. The zero-order valence-corrected chi connectivity index (χ0v) is 17.6. The number of aryl methyl sites for hydroxylation is 1. The van der Waals surface area contributed by atoms with E-state index in [0.717, 1.165) is 61.8 Å². The number of carbonyl (C=O) groups excluding carboxylic acids is 1. The number of hydrogen-bond acceptors (Lipinski definition) is 2. The molecule has 0 atom stereocenters. The number of hydrogen-bond donors (Lipinski definition) is 1. The fraction of sp³-hybridized carbons (Fsp3) is 0.500. The summed E-state index contributed by atoms with van der Waals surface area (Å²) in [7, 11) is 0. The number of nitrogens with zero attached hydrogens (tertiary/aromatic N) is 2. The van der Waals surface area contributed by atoms with E-state index in [1.54, 1.807) is 0 Å². The molecule has 0 radical (unpaired) electrons. The van der Waals surface area contributed by atoms with Crippen LogP contribution in [0.25, 0.3) is 0 Å². The van der Waals surface area contributed by atoms with Crippen molar-refractivity contribution >= 4 is 29.1 Å². The Morgan fingerprint density at radius 2 is 1.86 bits per heavy atom. The summed E-state index contributed by atoms with van der Waals surface area (Å²) in [5, 5.41) is 7.98. The second-order valence-electron chi connectivity index (χ2n) is 7.55. The summed E-state index contributed by atoms with van der Waals surface area (Å²) in [4.78, 5) is 12.5. The molecule has 4 nitrogen and oxygen atoms in total. The topological polar surface area (TPSA) is 46.9 Å². The SMILES string of the molecule is Cc1nn(C[C@H]2CC[C@H](NC(=O)c3cc(C(F)(F)F)ccc3Cl)CC2)c(C)c1Cl. The van der Waals surface area contributed by atoms with Crippen LogP contribution >= 0.6 is 23.2 Å². The quantitative estimate of drug-likeness (QED) is 0.642. The number of alkyl halides is 3. The van der Waals surface area contributed by atoms with Crippen LogP contribution < -0.4 is 5.32 Å². The zero-order valence-electron chi connectivity index (χ0n) is 16.1. The van der Waals surface area contributed by atoms with E-state index in [4.69, 9.17) is 23.2 Å². The van der Waals surface area contributed by atoms with Crippen LogP contribution in [0.1, 0.15) is 53.0 Å². The second kappa shape index (κ2) is 8.56. The monoisotopic (exact) mass is 447 g/mol. The largest absolute Gasteiger partial charge is 0.416 e. The van der Waals surface area contributed by atoms with Crippen LogP contribution in [-0.2, 0) is 12.7 Å². The minimum absolute atomic E-state index is 0.00518. The molecule has 1 aliphatic rings. The Kier molecular flexibility index (Phi) is 6.48. The average molecular weight is 448 g/mol. The summed E-state index contributed by atoms with van der Waals surface area (Å²) >= 11 is 12.1. The van der Waals surface area contributed by atoms with Crippen LogP contribution in [0.2, 0.25) is 10.0 Å². The first-order valence-electron chi connectivity index (χ1n) is 9.43. The third-order valence-electron chi connectivity index (χ3n) is 5.44. The molecule has 1 N–H and O–H groups in total. The molecule has 1 amide bonds. The highest BCUT2D eigenvalue weighted by molar-refractivity contribution is 6.33. The van der Waals surface area contributed by atoms with Gasteiger partial charge in [0, 0.05) is 12.6 Å². The van der Waals surface area contributed by atoms with Gasteiger partial charge in [0.25, 0.3) is 5.91 Å². The van der Waals surface area contributed by atoms with Gasteiger partial charge in [0.15, 0.2) is 0 Å². The maximum absolute atomic E-state index is 12.9. The van der Waals surface area contributed by atoms with Crippen molar-refractivity contribution in [3.63, 3.8) is 0 Å². The lowest BCUT2D eigenvalue weighted by atomic mass is 9.86. The van der Waals surface area contributed by atoms with Gasteiger partial charge in [-0.05, 0) is 63.6 Å². The lowest BCUT2D eigenvalue weighted by Gasteiger charge is -2.29. The van der Waals surface area contributed by atoms with Crippen LogP contribution in [0.3, 0.4) is 0 Å². The molecular weight excluding hydrogens is 426 g/mol.